The Labute approximate surface area is 71.3 Å². The van der Waals surface area contributed by atoms with Crippen LogP contribution in [-0.2, 0) is 19.4 Å². The summed E-state index contributed by atoms with van der Waals surface area (Å²) in [5.41, 5.74) is 0. The van der Waals surface area contributed by atoms with Crippen molar-refractivity contribution in [1.29, 1.82) is 0 Å². The summed E-state index contributed by atoms with van der Waals surface area (Å²) in [6, 6.07) is 0. The number of hydrogen-bond acceptors (Lipinski definition) is 5. The van der Waals surface area contributed by atoms with Crippen LogP contribution in [0, 0.1) is 0 Å². The number of hydrogen-bond donors (Lipinski definition) is 1. The van der Waals surface area contributed by atoms with E-state index in [0.717, 1.165) is 6.26 Å². The number of sulfone groups is 1. The first kappa shape index (κ1) is 11.4. The maximum atomic E-state index is 10.7. The fourth-order valence-corrected chi connectivity index (χ4v) is 1.02. The molecule has 6 heteroatoms. The van der Waals surface area contributed by atoms with Gasteiger partial charge in [-0.2, -0.15) is 0 Å². The number of aliphatic hydroxyl groups is 1. The summed E-state index contributed by atoms with van der Waals surface area (Å²) in [6.07, 6.45) is 1.29. The molecule has 0 unspecified atom stereocenters. The van der Waals surface area contributed by atoms with Crippen molar-refractivity contribution < 1.29 is 23.1 Å². The molecule has 0 aromatic heterocycles. The van der Waals surface area contributed by atoms with Gasteiger partial charge in [-0.3, -0.25) is 4.79 Å². The quantitative estimate of drug-likeness (QED) is 0.448. The molecule has 0 aliphatic carbocycles. The van der Waals surface area contributed by atoms with Crippen molar-refractivity contribution in [2.45, 2.75) is 6.42 Å². The van der Waals surface area contributed by atoms with Gasteiger partial charge in [-0.05, 0) is 0 Å². The summed E-state index contributed by atoms with van der Waals surface area (Å²) in [7, 11) is -3.30. The van der Waals surface area contributed by atoms with Crippen molar-refractivity contribution in [3.63, 3.8) is 0 Å². The van der Waals surface area contributed by atoms with Crippen LogP contribution in [0.15, 0.2) is 0 Å². The third kappa shape index (κ3) is 7.49. The SMILES string of the molecule is CS(=O)(=O)CC(=O)OCCCO. The lowest BCUT2D eigenvalue weighted by atomic mass is 10.5. The number of carbonyl (C=O) groups excluding carboxylic acids is 1. The monoisotopic (exact) mass is 196 g/mol. The predicted molar refractivity (Wildman–Crippen MR) is 42.4 cm³/mol. The minimum absolute atomic E-state index is 0.0604. The molecule has 0 saturated carbocycles. The summed E-state index contributed by atoms with van der Waals surface area (Å²) >= 11 is 0. The molecule has 0 bridgehead atoms. The van der Waals surface area contributed by atoms with Crippen molar-refractivity contribution in [3.05, 3.63) is 0 Å². The van der Waals surface area contributed by atoms with Crippen LogP contribution in [0.25, 0.3) is 0 Å². The number of carbonyl (C=O) groups is 1. The Morgan fingerprint density at radius 1 is 1.50 bits per heavy atom. The molecule has 1 N–H and O–H groups in total. The first-order valence-corrected chi connectivity index (χ1v) is 5.46. The van der Waals surface area contributed by atoms with E-state index in [2.05, 4.69) is 4.74 Å². The van der Waals surface area contributed by atoms with Crippen molar-refractivity contribution in [2.75, 3.05) is 25.2 Å². The van der Waals surface area contributed by atoms with Gasteiger partial charge >= 0.3 is 5.97 Å². The van der Waals surface area contributed by atoms with Crippen LogP contribution >= 0.6 is 0 Å². The lowest BCUT2D eigenvalue weighted by Gasteiger charge is -2.01. The van der Waals surface area contributed by atoms with Crippen LogP contribution < -0.4 is 0 Å². The molecular formula is C6H12O5S. The third-order valence-corrected chi connectivity index (χ3v) is 1.71. The maximum absolute atomic E-state index is 10.7. The average Bonchev–Trinajstić information content (AvgIpc) is 1.84. The molecule has 0 aromatic rings. The minimum Gasteiger partial charge on any atom is -0.465 e. The fourth-order valence-electron chi connectivity index (χ4n) is 0.506. The van der Waals surface area contributed by atoms with Crippen LogP contribution in [0.3, 0.4) is 0 Å². The summed E-state index contributed by atoms with van der Waals surface area (Å²) in [4.78, 5) is 10.7. The highest BCUT2D eigenvalue weighted by Gasteiger charge is 2.11. The molecule has 5 nitrogen and oxygen atoms in total. The van der Waals surface area contributed by atoms with Crippen LogP contribution in [0.5, 0.6) is 0 Å². The number of rotatable bonds is 5. The van der Waals surface area contributed by atoms with Gasteiger partial charge < -0.3 is 9.84 Å². The van der Waals surface area contributed by atoms with E-state index < -0.39 is 21.6 Å². The zero-order valence-electron chi connectivity index (χ0n) is 6.82. The van der Waals surface area contributed by atoms with Gasteiger partial charge in [0.25, 0.3) is 0 Å². The van der Waals surface area contributed by atoms with Crippen LogP contribution in [0.2, 0.25) is 0 Å². The minimum atomic E-state index is -3.30. The lowest BCUT2D eigenvalue weighted by molar-refractivity contribution is -0.140. The van der Waals surface area contributed by atoms with Gasteiger partial charge in [0.2, 0.25) is 0 Å². The summed E-state index contributed by atoms with van der Waals surface area (Å²) in [6.45, 7) is -0.0169. The molecule has 72 valence electrons. The van der Waals surface area contributed by atoms with Gasteiger partial charge in [0.05, 0.1) is 6.61 Å². The molecule has 0 aliphatic rings. The Bertz CT molecular complexity index is 230. The summed E-state index contributed by atoms with van der Waals surface area (Å²) < 4.78 is 25.5. The summed E-state index contributed by atoms with van der Waals surface area (Å²) in [5.74, 6) is -1.37. The number of esters is 1. The van der Waals surface area contributed by atoms with Crippen molar-refractivity contribution in [1.82, 2.24) is 0 Å². The van der Waals surface area contributed by atoms with E-state index in [1.54, 1.807) is 0 Å². The second-order valence-electron chi connectivity index (χ2n) is 2.37. The Morgan fingerprint density at radius 2 is 2.08 bits per heavy atom. The van der Waals surface area contributed by atoms with Gasteiger partial charge in [-0.25, -0.2) is 8.42 Å². The molecule has 0 heterocycles. The topological polar surface area (TPSA) is 80.7 Å². The Balaban J connectivity index is 3.62. The molecule has 0 aliphatic heterocycles. The van der Waals surface area contributed by atoms with Gasteiger partial charge in [-0.15, -0.1) is 0 Å². The van der Waals surface area contributed by atoms with Crippen LogP contribution in [0.1, 0.15) is 6.42 Å². The van der Waals surface area contributed by atoms with E-state index in [-0.39, 0.29) is 13.2 Å². The molecule has 0 aromatic carbocycles. The Hall–Kier alpha value is -0.620. The average molecular weight is 196 g/mol. The van der Waals surface area contributed by atoms with Gasteiger partial charge in [0.15, 0.2) is 9.84 Å². The van der Waals surface area contributed by atoms with E-state index in [9.17, 15) is 13.2 Å². The molecule has 12 heavy (non-hydrogen) atoms. The van der Waals surface area contributed by atoms with Gasteiger partial charge in [0.1, 0.15) is 5.75 Å². The highest BCUT2D eigenvalue weighted by atomic mass is 32.2. The zero-order valence-corrected chi connectivity index (χ0v) is 7.63. The molecule has 0 saturated heterocycles. The van der Waals surface area contributed by atoms with Crippen molar-refractivity contribution in [2.24, 2.45) is 0 Å². The first-order valence-electron chi connectivity index (χ1n) is 3.40. The van der Waals surface area contributed by atoms with E-state index in [0.29, 0.717) is 6.42 Å². The summed E-state index contributed by atoms with van der Waals surface area (Å²) in [5, 5.41) is 8.30. The molecule has 0 spiro atoms. The largest absolute Gasteiger partial charge is 0.465 e. The first-order chi connectivity index (χ1) is 5.45. The van der Waals surface area contributed by atoms with E-state index in [1.807, 2.05) is 0 Å². The standard InChI is InChI=1S/C6H12O5S/c1-12(9,10)5-6(8)11-4-2-3-7/h7H,2-5H2,1H3. The smallest absolute Gasteiger partial charge is 0.321 e. The van der Waals surface area contributed by atoms with E-state index in [1.165, 1.54) is 0 Å². The highest BCUT2D eigenvalue weighted by Crippen LogP contribution is 1.88. The number of ether oxygens (including phenoxy) is 1. The van der Waals surface area contributed by atoms with Gasteiger partial charge in [0, 0.05) is 19.3 Å². The molecule has 0 rings (SSSR count). The zero-order chi connectivity index (χ0) is 9.61. The van der Waals surface area contributed by atoms with Gasteiger partial charge in [-0.1, -0.05) is 0 Å². The molecule has 0 radical (unpaired) electrons. The lowest BCUT2D eigenvalue weighted by Crippen LogP contribution is -2.18. The Morgan fingerprint density at radius 3 is 2.50 bits per heavy atom. The third-order valence-electron chi connectivity index (χ3n) is 0.946. The molecule has 0 amide bonds. The maximum Gasteiger partial charge on any atom is 0.321 e. The second kappa shape index (κ2) is 5.10. The van der Waals surface area contributed by atoms with E-state index in [4.69, 9.17) is 5.11 Å². The Kier molecular flexibility index (Phi) is 4.84. The highest BCUT2D eigenvalue weighted by molar-refractivity contribution is 7.91. The normalized spacial score (nSPS) is 11.2. The van der Waals surface area contributed by atoms with Crippen molar-refractivity contribution >= 4 is 15.8 Å². The van der Waals surface area contributed by atoms with Crippen LogP contribution in [-0.4, -0.2) is 44.7 Å². The van der Waals surface area contributed by atoms with Crippen molar-refractivity contribution in [3.8, 4) is 0 Å². The molecule has 0 fully saturated rings. The van der Waals surface area contributed by atoms with E-state index >= 15 is 0 Å². The second-order valence-corrected chi connectivity index (χ2v) is 4.51. The van der Waals surface area contributed by atoms with Crippen LogP contribution in [0.4, 0.5) is 0 Å². The molecular weight excluding hydrogens is 184 g/mol. The number of aliphatic hydroxyl groups excluding tert-OH is 1. The molecule has 0 atom stereocenters. The predicted octanol–water partition coefficient (Wildman–Crippen LogP) is -1.04. The fraction of sp³-hybridized carbons (Fsp3) is 0.833.